The van der Waals surface area contributed by atoms with Gasteiger partial charge in [-0.3, -0.25) is 9.69 Å². The zero-order chi connectivity index (χ0) is 11.7. The molecule has 0 radical (unpaired) electrons. The van der Waals surface area contributed by atoms with Gasteiger partial charge < -0.3 is 10.6 Å². The Labute approximate surface area is 97.8 Å². The highest BCUT2D eigenvalue weighted by Gasteiger charge is 2.38. The van der Waals surface area contributed by atoms with E-state index in [1.54, 1.807) is 0 Å². The Morgan fingerprint density at radius 2 is 2.12 bits per heavy atom. The second-order valence-corrected chi connectivity index (χ2v) is 5.29. The molecule has 2 saturated heterocycles. The molecule has 0 aromatic heterocycles. The molecular weight excluding hydrogens is 202 g/mol. The summed E-state index contributed by atoms with van der Waals surface area (Å²) in [5.74, 6) is 0.874. The molecule has 2 heterocycles. The Hall–Kier alpha value is -0.610. The van der Waals surface area contributed by atoms with Gasteiger partial charge in [0, 0.05) is 26.2 Å². The van der Waals surface area contributed by atoms with E-state index < -0.39 is 0 Å². The summed E-state index contributed by atoms with van der Waals surface area (Å²) in [6, 6.07) is 0.651. The number of hydrogen-bond acceptors (Lipinski definition) is 3. The Bertz CT molecular complexity index is 269. The summed E-state index contributed by atoms with van der Waals surface area (Å²) in [5, 5.41) is 0. The zero-order valence-electron chi connectivity index (χ0n) is 10.4. The van der Waals surface area contributed by atoms with Crippen LogP contribution in [0.3, 0.4) is 0 Å². The van der Waals surface area contributed by atoms with Crippen molar-refractivity contribution in [3.05, 3.63) is 0 Å². The Balaban J connectivity index is 2.04. The van der Waals surface area contributed by atoms with Crippen molar-refractivity contribution in [2.75, 3.05) is 26.7 Å². The SMILES string of the molecule is CC1CCC(CN)CN1C1CCN(C)C1=O. The molecule has 92 valence electrons. The molecule has 16 heavy (non-hydrogen) atoms. The van der Waals surface area contributed by atoms with Crippen LogP contribution in [0.4, 0.5) is 0 Å². The van der Waals surface area contributed by atoms with Crippen LogP contribution in [-0.4, -0.2) is 54.5 Å². The molecule has 2 fully saturated rings. The van der Waals surface area contributed by atoms with Gasteiger partial charge in [0.15, 0.2) is 0 Å². The van der Waals surface area contributed by atoms with Crippen LogP contribution in [0, 0.1) is 5.92 Å². The highest BCUT2D eigenvalue weighted by Crippen LogP contribution is 2.27. The summed E-state index contributed by atoms with van der Waals surface area (Å²) in [6.07, 6.45) is 3.37. The van der Waals surface area contributed by atoms with Gasteiger partial charge in [0.1, 0.15) is 0 Å². The quantitative estimate of drug-likeness (QED) is 0.734. The van der Waals surface area contributed by atoms with Crippen molar-refractivity contribution in [1.82, 2.24) is 9.80 Å². The molecule has 4 heteroatoms. The third kappa shape index (κ3) is 2.09. The molecule has 2 N–H and O–H groups in total. The summed E-state index contributed by atoms with van der Waals surface area (Å²) in [5.41, 5.74) is 5.75. The number of likely N-dealkylation sites (N-methyl/N-ethyl adjacent to an activating group) is 1. The van der Waals surface area contributed by atoms with Crippen molar-refractivity contribution in [3.63, 3.8) is 0 Å². The van der Waals surface area contributed by atoms with Crippen LogP contribution in [-0.2, 0) is 4.79 Å². The molecule has 2 aliphatic heterocycles. The number of rotatable bonds is 2. The van der Waals surface area contributed by atoms with E-state index in [0.717, 1.165) is 26.1 Å². The fraction of sp³-hybridized carbons (Fsp3) is 0.917. The number of amides is 1. The third-order valence-corrected chi connectivity index (χ3v) is 4.16. The van der Waals surface area contributed by atoms with E-state index in [9.17, 15) is 4.79 Å². The molecule has 0 bridgehead atoms. The van der Waals surface area contributed by atoms with Crippen molar-refractivity contribution in [2.24, 2.45) is 11.7 Å². The first-order valence-electron chi connectivity index (χ1n) is 6.34. The molecular formula is C12H23N3O. The summed E-state index contributed by atoms with van der Waals surface area (Å²) < 4.78 is 0. The van der Waals surface area contributed by atoms with E-state index in [4.69, 9.17) is 5.73 Å². The second-order valence-electron chi connectivity index (χ2n) is 5.29. The fourth-order valence-electron chi connectivity index (χ4n) is 2.95. The largest absolute Gasteiger partial charge is 0.344 e. The van der Waals surface area contributed by atoms with Crippen LogP contribution in [0.25, 0.3) is 0 Å². The molecule has 4 nitrogen and oxygen atoms in total. The minimum atomic E-state index is 0.120. The summed E-state index contributed by atoms with van der Waals surface area (Å²) in [4.78, 5) is 16.2. The average Bonchev–Trinajstić information content (AvgIpc) is 2.61. The van der Waals surface area contributed by atoms with E-state index in [0.29, 0.717) is 17.9 Å². The monoisotopic (exact) mass is 225 g/mol. The lowest BCUT2D eigenvalue weighted by atomic mass is 9.92. The first-order valence-corrected chi connectivity index (χ1v) is 6.34. The maximum atomic E-state index is 12.0. The molecule has 2 rings (SSSR count). The smallest absolute Gasteiger partial charge is 0.239 e. The molecule has 3 unspecified atom stereocenters. The summed E-state index contributed by atoms with van der Waals surface area (Å²) >= 11 is 0. The fourth-order valence-corrected chi connectivity index (χ4v) is 2.95. The molecule has 0 aromatic carbocycles. The van der Waals surface area contributed by atoms with E-state index in [1.165, 1.54) is 12.8 Å². The van der Waals surface area contributed by atoms with Crippen LogP contribution >= 0.6 is 0 Å². The van der Waals surface area contributed by atoms with Crippen molar-refractivity contribution in [2.45, 2.75) is 38.3 Å². The third-order valence-electron chi connectivity index (χ3n) is 4.16. The normalized spacial score (nSPS) is 37.1. The number of carbonyl (C=O) groups is 1. The maximum Gasteiger partial charge on any atom is 0.239 e. The van der Waals surface area contributed by atoms with E-state index in [2.05, 4.69) is 11.8 Å². The molecule has 2 aliphatic rings. The molecule has 0 aromatic rings. The Morgan fingerprint density at radius 1 is 1.38 bits per heavy atom. The van der Waals surface area contributed by atoms with Crippen LogP contribution in [0.15, 0.2) is 0 Å². The van der Waals surface area contributed by atoms with Crippen molar-refractivity contribution in [3.8, 4) is 0 Å². The van der Waals surface area contributed by atoms with Gasteiger partial charge in [-0.25, -0.2) is 0 Å². The number of likely N-dealkylation sites (tertiary alicyclic amines) is 2. The van der Waals surface area contributed by atoms with Crippen LogP contribution in [0.1, 0.15) is 26.2 Å². The highest BCUT2D eigenvalue weighted by atomic mass is 16.2. The molecule has 1 amide bonds. The standard InChI is InChI=1S/C12H23N3O/c1-9-3-4-10(7-13)8-15(9)11-5-6-14(2)12(11)16/h9-11H,3-8,13H2,1-2H3. The number of piperidine rings is 1. The molecule has 0 aliphatic carbocycles. The molecule has 0 saturated carbocycles. The van der Waals surface area contributed by atoms with Crippen LogP contribution < -0.4 is 5.73 Å². The van der Waals surface area contributed by atoms with Gasteiger partial charge in [-0.2, -0.15) is 0 Å². The van der Waals surface area contributed by atoms with Crippen LogP contribution in [0.2, 0.25) is 0 Å². The molecule has 3 atom stereocenters. The predicted molar refractivity (Wildman–Crippen MR) is 64.0 cm³/mol. The lowest BCUT2D eigenvalue weighted by Crippen LogP contribution is -2.51. The summed E-state index contributed by atoms with van der Waals surface area (Å²) in [7, 11) is 1.90. The van der Waals surface area contributed by atoms with Crippen molar-refractivity contribution in [1.29, 1.82) is 0 Å². The zero-order valence-corrected chi connectivity index (χ0v) is 10.4. The topological polar surface area (TPSA) is 49.6 Å². The van der Waals surface area contributed by atoms with Gasteiger partial charge in [0.2, 0.25) is 5.91 Å². The second kappa shape index (κ2) is 4.72. The average molecular weight is 225 g/mol. The van der Waals surface area contributed by atoms with E-state index in [-0.39, 0.29) is 6.04 Å². The van der Waals surface area contributed by atoms with Crippen molar-refractivity contribution >= 4 is 5.91 Å². The van der Waals surface area contributed by atoms with Crippen LogP contribution in [0.5, 0.6) is 0 Å². The minimum absolute atomic E-state index is 0.120. The maximum absolute atomic E-state index is 12.0. The van der Waals surface area contributed by atoms with E-state index >= 15 is 0 Å². The lowest BCUT2D eigenvalue weighted by Gasteiger charge is -2.40. The first kappa shape index (κ1) is 11.9. The highest BCUT2D eigenvalue weighted by molar-refractivity contribution is 5.83. The molecule has 0 spiro atoms. The number of nitrogens with zero attached hydrogens (tertiary/aromatic N) is 2. The Kier molecular flexibility index (Phi) is 3.50. The number of nitrogens with two attached hydrogens (primary N) is 1. The summed E-state index contributed by atoms with van der Waals surface area (Å²) in [6.45, 7) is 4.89. The minimum Gasteiger partial charge on any atom is -0.344 e. The number of hydrogen-bond donors (Lipinski definition) is 1. The first-order chi connectivity index (χ1) is 7.63. The Morgan fingerprint density at radius 3 is 2.69 bits per heavy atom. The predicted octanol–water partition coefficient (Wildman–Crippen LogP) is 0.276. The van der Waals surface area contributed by atoms with E-state index in [1.807, 2.05) is 11.9 Å². The van der Waals surface area contributed by atoms with Gasteiger partial charge in [0.05, 0.1) is 6.04 Å². The van der Waals surface area contributed by atoms with Gasteiger partial charge >= 0.3 is 0 Å². The van der Waals surface area contributed by atoms with Crippen molar-refractivity contribution < 1.29 is 4.79 Å². The van der Waals surface area contributed by atoms with Gasteiger partial charge in [-0.15, -0.1) is 0 Å². The van der Waals surface area contributed by atoms with Gasteiger partial charge in [0.25, 0.3) is 0 Å². The lowest BCUT2D eigenvalue weighted by molar-refractivity contribution is -0.132. The van der Waals surface area contributed by atoms with Gasteiger partial charge in [-0.1, -0.05) is 0 Å². The number of carbonyl (C=O) groups excluding carboxylic acids is 1. The van der Waals surface area contributed by atoms with Gasteiger partial charge in [-0.05, 0) is 38.6 Å².